The second-order valence-electron chi connectivity index (χ2n) is 4.27. The fraction of sp³-hybridized carbons (Fsp3) is 0.636. The Hall–Kier alpha value is -0.830. The topological polar surface area (TPSA) is 37.8 Å². The maximum Gasteiger partial charge on any atom is 0.155 e. The zero-order valence-electron chi connectivity index (χ0n) is 9.93. The molecule has 0 saturated carbocycles. The third kappa shape index (κ3) is 2.81. The van der Waals surface area contributed by atoms with Crippen LogP contribution in [0.3, 0.4) is 0 Å². The molecule has 1 unspecified atom stereocenters. The summed E-state index contributed by atoms with van der Waals surface area (Å²) in [6, 6.07) is 0.374. The highest BCUT2D eigenvalue weighted by atomic mass is 35.5. The molecule has 0 aliphatic carbocycles. The molecule has 0 radical (unpaired) electrons. The van der Waals surface area contributed by atoms with Gasteiger partial charge in [-0.15, -0.1) is 10.2 Å². The predicted octanol–water partition coefficient (Wildman–Crippen LogP) is 3.20. The van der Waals surface area contributed by atoms with Gasteiger partial charge >= 0.3 is 0 Å². The quantitative estimate of drug-likeness (QED) is 0.862. The third-order valence-corrected chi connectivity index (χ3v) is 3.19. The molecule has 1 N–H and O–H groups in total. The lowest BCUT2D eigenvalue weighted by Crippen LogP contribution is -2.23. The number of rotatable bonds is 3. The molecule has 0 aliphatic rings. The lowest BCUT2D eigenvalue weighted by Gasteiger charge is -2.19. The molecule has 1 aromatic rings. The van der Waals surface area contributed by atoms with Crippen molar-refractivity contribution in [2.24, 2.45) is 5.92 Å². The SMILES string of the molecule is Cc1c(Cl)nnc(NC(C)C(C)C)c1C. The Bertz CT molecular complexity index is 350. The van der Waals surface area contributed by atoms with E-state index in [1.165, 1.54) is 0 Å². The summed E-state index contributed by atoms with van der Waals surface area (Å²) in [5, 5.41) is 11.8. The van der Waals surface area contributed by atoms with Gasteiger partial charge in [0.1, 0.15) is 0 Å². The summed E-state index contributed by atoms with van der Waals surface area (Å²) in [4.78, 5) is 0. The Kier molecular flexibility index (Phi) is 3.91. The number of aromatic nitrogens is 2. The summed E-state index contributed by atoms with van der Waals surface area (Å²) in [5.41, 5.74) is 2.06. The minimum atomic E-state index is 0.374. The molecular formula is C11H18ClN3. The van der Waals surface area contributed by atoms with E-state index in [1.807, 2.05) is 13.8 Å². The maximum absolute atomic E-state index is 5.88. The summed E-state index contributed by atoms with van der Waals surface area (Å²) in [6.07, 6.45) is 0. The van der Waals surface area contributed by atoms with Crippen LogP contribution in [0.4, 0.5) is 5.82 Å². The molecule has 0 fully saturated rings. The summed E-state index contributed by atoms with van der Waals surface area (Å²) in [7, 11) is 0. The molecule has 0 spiro atoms. The van der Waals surface area contributed by atoms with E-state index in [9.17, 15) is 0 Å². The highest BCUT2D eigenvalue weighted by Crippen LogP contribution is 2.21. The summed E-state index contributed by atoms with van der Waals surface area (Å²) in [6.45, 7) is 10.4. The van der Waals surface area contributed by atoms with Crippen LogP contribution < -0.4 is 5.32 Å². The van der Waals surface area contributed by atoms with Crippen LogP contribution in [0.2, 0.25) is 5.15 Å². The van der Waals surface area contributed by atoms with Crippen LogP contribution in [-0.4, -0.2) is 16.2 Å². The highest BCUT2D eigenvalue weighted by Gasteiger charge is 2.12. The molecule has 15 heavy (non-hydrogen) atoms. The van der Waals surface area contributed by atoms with Crippen molar-refractivity contribution in [1.29, 1.82) is 0 Å². The van der Waals surface area contributed by atoms with Crippen LogP contribution in [0.25, 0.3) is 0 Å². The van der Waals surface area contributed by atoms with Crippen molar-refractivity contribution < 1.29 is 0 Å². The highest BCUT2D eigenvalue weighted by molar-refractivity contribution is 6.30. The van der Waals surface area contributed by atoms with Crippen molar-refractivity contribution in [1.82, 2.24) is 10.2 Å². The van der Waals surface area contributed by atoms with Crippen LogP contribution in [0.5, 0.6) is 0 Å². The van der Waals surface area contributed by atoms with Crippen molar-refractivity contribution in [2.45, 2.75) is 40.7 Å². The van der Waals surface area contributed by atoms with E-state index < -0.39 is 0 Å². The van der Waals surface area contributed by atoms with Gasteiger partial charge in [-0.1, -0.05) is 25.4 Å². The lowest BCUT2D eigenvalue weighted by atomic mass is 10.1. The first-order valence-electron chi connectivity index (χ1n) is 5.19. The Morgan fingerprint density at radius 3 is 2.20 bits per heavy atom. The van der Waals surface area contributed by atoms with Crippen molar-refractivity contribution in [3.8, 4) is 0 Å². The largest absolute Gasteiger partial charge is 0.366 e. The molecule has 1 atom stereocenters. The summed E-state index contributed by atoms with van der Waals surface area (Å²) in [5.74, 6) is 1.39. The average molecular weight is 228 g/mol. The van der Waals surface area contributed by atoms with Crippen LogP contribution in [-0.2, 0) is 0 Å². The molecule has 1 aromatic heterocycles. The van der Waals surface area contributed by atoms with Gasteiger partial charge in [0, 0.05) is 6.04 Å². The van der Waals surface area contributed by atoms with E-state index in [4.69, 9.17) is 11.6 Å². The Morgan fingerprint density at radius 1 is 1.07 bits per heavy atom. The second kappa shape index (κ2) is 4.79. The number of nitrogens with zero attached hydrogens (tertiary/aromatic N) is 2. The molecular weight excluding hydrogens is 210 g/mol. The first kappa shape index (κ1) is 12.2. The van der Waals surface area contributed by atoms with Gasteiger partial charge in [-0.2, -0.15) is 0 Å². The van der Waals surface area contributed by atoms with E-state index in [-0.39, 0.29) is 0 Å². The number of hydrogen-bond donors (Lipinski definition) is 1. The van der Waals surface area contributed by atoms with Crippen LogP contribution >= 0.6 is 11.6 Å². The molecule has 0 saturated heterocycles. The van der Waals surface area contributed by atoms with Crippen LogP contribution in [0, 0.1) is 19.8 Å². The van der Waals surface area contributed by atoms with Crippen molar-refractivity contribution in [3.05, 3.63) is 16.3 Å². The van der Waals surface area contributed by atoms with Crippen LogP contribution in [0.15, 0.2) is 0 Å². The molecule has 1 heterocycles. The molecule has 0 aromatic carbocycles. The van der Waals surface area contributed by atoms with Gasteiger partial charge in [0.25, 0.3) is 0 Å². The Morgan fingerprint density at radius 2 is 1.67 bits per heavy atom. The van der Waals surface area contributed by atoms with Crippen molar-refractivity contribution in [2.75, 3.05) is 5.32 Å². The molecule has 1 rings (SSSR count). The van der Waals surface area contributed by atoms with E-state index in [2.05, 4.69) is 36.3 Å². The monoisotopic (exact) mass is 227 g/mol. The normalized spacial score (nSPS) is 13.0. The van der Waals surface area contributed by atoms with Gasteiger partial charge < -0.3 is 5.32 Å². The molecule has 0 bridgehead atoms. The fourth-order valence-corrected chi connectivity index (χ4v) is 1.28. The Labute approximate surface area is 96.2 Å². The average Bonchev–Trinajstić information content (AvgIpc) is 2.18. The first-order valence-corrected chi connectivity index (χ1v) is 5.57. The number of anilines is 1. The fourth-order valence-electron chi connectivity index (χ4n) is 1.10. The van der Waals surface area contributed by atoms with Gasteiger partial charge in [-0.05, 0) is 37.8 Å². The smallest absolute Gasteiger partial charge is 0.155 e. The van der Waals surface area contributed by atoms with Gasteiger partial charge in [-0.25, -0.2) is 0 Å². The van der Waals surface area contributed by atoms with Gasteiger partial charge in [-0.3, -0.25) is 0 Å². The lowest BCUT2D eigenvalue weighted by molar-refractivity contribution is 0.557. The number of halogens is 1. The number of nitrogens with one attached hydrogen (secondary N) is 1. The van der Waals surface area contributed by atoms with Gasteiger partial charge in [0.05, 0.1) is 0 Å². The van der Waals surface area contributed by atoms with Crippen molar-refractivity contribution in [3.63, 3.8) is 0 Å². The van der Waals surface area contributed by atoms with E-state index in [0.717, 1.165) is 16.9 Å². The summed E-state index contributed by atoms with van der Waals surface area (Å²) >= 11 is 5.88. The van der Waals surface area contributed by atoms with E-state index in [1.54, 1.807) is 0 Å². The zero-order valence-corrected chi connectivity index (χ0v) is 10.7. The molecule has 84 valence electrons. The zero-order chi connectivity index (χ0) is 11.6. The van der Waals surface area contributed by atoms with E-state index >= 15 is 0 Å². The first-order chi connectivity index (χ1) is 6.93. The predicted molar refractivity (Wildman–Crippen MR) is 64.4 cm³/mol. The standard InChI is InChI=1S/C11H18ClN3/c1-6(2)9(5)13-11-8(4)7(3)10(12)14-15-11/h6,9H,1-5H3,(H,13,15). The molecule has 4 heteroatoms. The van der Waals surface area contributed by atoms with Crippen molar-refractivity contribution >= 4 is 17.4 Å². The number of hydrogen-bond acceptors (Lipinski definition) is 3. The second-order valence-corrected chi connectivity index (χ2v) is 4.62. The molecule has 3 nitrogen and oxygen atoms in total. The third-order valence-electron chi connectivity index (χ3n) is 2.83. The van der Waals surface area contributed by atoms with Crippen LogP contribution in [0.1, 0.15) is 31.9 Å². The molecule has 0 amide bonds. The molecule has 0 aliphatic heterocycles. The minimum absolute atomic E-state index is 0.374. The van der Waals surface area contributed by atoms with E-state index in [0.29, 0.717) is 17.1 Å². The summed E-state index contributed by atoms with van der Waals surface area (Å²) < 4.78 is 0. The Balaban J connectivity index is 2.92. The maximum atomic E-state index is 5.88. The minimum Gasteiger partial charge on any atom is -0.366 e. The van der Waals surface area contributed by atoms with Gasteiger partial charge in [0.15, 0.2) is 11.0 Å². The van der Waals surface area contributed by atoms with Gasteiger partial charge in [0.2, 0.25) is 0 Å².